The standard InChI is InChI=1S/C17H12O5/c1-19-14-4-2-3-11-7-12(17(18)22-16(11)14)10-5-6-13-15(8-10)21-9-20-13/h2-8H,9H2,1H3. The van der Waals surface area contributed by atoms with Crippen LogP contribution in [0, 0.1) is 0 Å². The van der Waals surface area contributed by atoms with Crippen LogP contribution in [0.3, 0.4) is 0 Å². The summed E-state index contributed by atoms with van der Waals surface area (Å²) in [6.07, 6.45) is 0. The molecule has 1 aromatic heterocycles. The van der Waals surface area contributed by atoms with Crippen LogP contribution in [-0.4, -0.2) is 13.9 Å². The average molecular weight is 296 g/mol. The minimum Gasteiger partial charge on any atom is -0.493 e. The van der Waals surface area contributed by atoms with E-state index in [1.54, 1.807) is 31.4 Å². The maximum Gasteiger partial charge on any atom is 0.344 e. The number of para-hydroxylation sites is 1. The molecule has 0 atom stereocenters. The third kappa shape index (κ3) is 1.90. The zero-order valence-electron chi connectivity index (χ0n) is 11.8. The van der Waals surface area contributed by atoms with Crippen molar-refractivity contribution in [2.45, 2.75) is 0 Å². The van der Waals surface area contributed by atoms with E-state index in [-0.39, 0.29) is 6.79 Å². The van der Waals surface area contributed by atoms with Crippen molar-refractivity contribution in [2.24, 2.45) is 0 Å². The Bertz CT molecular complexity index is 926. The van der Waals surface area contributed by atoms with Crippen molar-refractivity contribution in [3.63, 3.8) is 0 Å². The largest absolute Gasteiger partial charge is 0.493 e. The Hall–Kier alpha value is -2.95. The number of hydrogen-bond donors (Lipinski definition) is 0. The molecule has 110 valence electrons. The van der Waals surface area contributed by atoms with Crippen LogP contribution < -0.4 is 19.8 Å². The van der Waals surface area contributed by atoms with E-state index < -0.39 is 5.63 Å². The lowest BCUT2D eigenvalue weighted by atomic mass is 10.1. The van der Waals surface area contributed by atoms with Gasteiger partial charge in [-0.1, -0.05) is 18.2 Å². The van der Waals surface area contributed by atoms with E-state index in [1.807, 2.05) is 18.2 Å². The summed E-state index contributed by atoms with van der Waals surface area (Å²) < 4.78 is 21.3. The summed E-state index contributed by atoms with van der Waals surface area (Å²) in [5.74, 6) is 1.84. The molecule has 0 saturated heterocycles. The molecule has 0 saturated carbocycles. The first kappa shape index (κ1) is 12.8. The summed E-state index contributed by atoms with van der Waals surface area (Å²) >= 11 is 0. The summed E-state index contributed by atoms with van der Waals surface area (Å²) in [7, 11) is 1.54. The zero-order valence-corrected chi connectivity index (χ0v) is 11.8. The molecule has 1 aliphatic heterocycles. The van der Waals surface area contributed by atoms with Crippen molar-refractivity contribution in [2.75, 3.05) is 13.9 Å². The van der Waals surface area contributed by atoms with Crippen LogP contribution in [0.2, 0.25) is 0 Å². The molecule has 1 aliphatic rings. The SMILES string of the molecule is COc1cccc2cc(-c3ccc4c(c3)OCO4)c(=O)oc12. The van der Waals surface area contributed by atoms with Gasteiger partial charge in [0.2, 0.25) is 6.79 Å². The van der Waals surface area contributed by atoms with Crippen LogP contribution in [-0.2, 0) is 0 Å². The second kappa shape index (κ2) is 4.80. The van der Waals surface area contributed by atoms with Crippen LogP contribution >= 0.6 is 0 Å². The highest BCUT2D eigenvalue weighted by Gasteiger charge is 2.16. The topological polar surface area (TPSA) is 57.9 Å². The number of fused-ring (bicyclic) bond motifs is 2. The third-order valence-electron chi connectivity index (χ3n) is 3.63. The molecule has 0 aliphatic carbocycles. The van der Waals surface area contributed by atoms with Crippen LogP contribution in [0.1, 0.15) is 0 Å². The molecule has 5 nitrogen and oxygen atoms in total. The molecule has 0 radical (unpaired) electrons. The monoisotopic (exact) mass is 296 g/mol. The second-order valence-electron chi connectivity index (χ2n) is 4.89. The lowest BCUT2D eigenvalue weighted by Gasteiger charge is -2.06. The van der Waals surface area contributed by atoms with Gasteiger partial charge in [-0.3, -0.25) is 0 Å². The predicted octanol–water partition coefficient (Wildman–Crippen LogP) is 3.20. The van der Waals surface area contributed by atoms with Gasteiger partial charge in [0, 0.05) is 5.39 Å². The molecule has 0 bridgehead atoms. The molecule has 22 heavy (non-hydrogen) atoms. The first-order valence-corrected chi connectivity index (χ1v) is 6.77. The van der Waals surface area contributed by atoms with Gasteiger partial charge in [0.05, 0.1) is 12.7 Å². The number of rotatable bonds is 2. The lowest BCUT2D eigenvalue weighted by Crippen LogP contribution is -2.03. The highest BCUT2D eigenvalue weighted by molar-refractivity contribution is 5.86. The van der Waals surface area contributed by atoms with Crippen molar-refractivity contribution >= 4 is 11.0 Å². The number of hydrogen-bond acceptors (Lipinski definition) is 5. The molecular weight excluding hydrogens is 284 g/mol. The highest BCUT2D eigenvalue weighted by Crippen LogP contribution is 2.36. The van der Waals surface area contributed by atoms with Crippen LogP contribution in [0.25, 0.3) is 22.1 Å². The molecule has 5 heteroatoms. The average Bonchev–Trinajstić information content (AvgIpc) is 3.01. The van der Waals surface area contributed by atoms with Gasteiger partial charge in [-0.2, -0.15) is 0 Å². The van der Waals surface area contributed by atoms with Crippen molar-refractivity contribution in [3.05, 3.63) is 52.9 Å². The van der Waals surface area contributed by atoms with Crippen molar-refractivity contribution in [1.29, 1.82) is 0 Å². The number of methoxy groups -OCH3 is 1. The van der Waals surface area contributed by atoms with Gasteiger partial charge in [0.15, 0.2) is 22.8 Å². The van der Waals surface area contributed by atoms with E-state index in [9.17, 15) is 4.79 Å². The van der Waals surface area contributed by atoms with E-state index >= 15 is 0 Å². The van der Waals surface area contributed by atoms with E-state index in [2.05, 4.69) is 0 Å². The van der Waals surface area contributed by atoms with E-state index in [0.717, 1.165) is 10.9 Å². The third-order valence-corrected chi connectivity index (χ3v) is 3.63. The fraction of sp³-hybridized carbons (Fsp3) is 0.118. The summed E-state index contributed by atoms with van der Waals surface area (Å²) in [5.41, 5.74) is 1.22. The number of benzene rings is 2. The van der Waals surface area contributed by atoms with Gasteiger partial charge >= 0.3 is 5.63 Å². The molecule has 3 aromatic rings. The smallest absolute Gasteiger partial charge is 0.344 e. The van der Waals surface area contributed by atoms with E-state index in [4.69, 9.17) is 18.6 Å². The lowest BCUT2D eigenvalue weighted by molar-refractivity contribution is 0.174. The van der Waals surface area contributed by atoms with Gasteiger partial charge in [-0.05, 0) is 29.8 Å². The maximum atomic E-state index is 12.3. The molecular formula is C17H12O5. The fourth-order valence-electron chi connectivity index (χ4n) is 2.54. The Morgan fingerprint density at radius 2 is 1.91 bits per heavy atom. The fourth-order valence-corrected chi connectivity index (χ4v) is 2.54. The van der Waals surface area contributed by atoms with Gasteiger partial charge < -0.3 is 18.6 Å². The van der Waals surface area contributed by atoms with Crippen molar-refractivity contribution in [3.8, 4) is 28.4 Å². The molecule has 0 amide bonds. The maximum absolute atomic E-state index is 12.3. The van der Waals surface area contributed by atoms with E-state index in [1.165, 1.54) is 0 Å². The van der Waals surface area contributed by atoms with Crippen molar-refractivity contribution < 1.29 is 18.6 Å². The van der Waals surface area contributed by atoms with Gasteiger partial charge in [-0.15, -0.1) is 0 Å². The van der Waals surface area contributed by atoms with Crippen LogP contribution in [0.4, 0.5) is 0 Å². The minimum absolute atomic E-state index is 0.197. The second-order valence-corrected chi connectivity index (χ2v) is 4.89. The first-order valence-electron chi connectivity index (χ1n) is 6.77. The predicted molar refractivity (Wildman–Crippen MR) is 80.6 cm³/mol. The number of ether oxygens (including phenoxy) is 3. The quantitative estimate of drug-likeness (QED) is 0.680. The Morgan fingerprint density at radius 3 is 2.77 bits per heavy atom. The normalized spacial score (nSPS) is 12.6. The van der Waals surface area contributed by atoms with Gasteiger partial charge in [0.25, 0.3) is 0 Å². The van der Waals surface area contributed by atoms with Crippen LogP contribution in [0.15, 0.2) is 51.7 Å². The van der Waals surface area contributed by atoms with Gasteiger partial charge in [-0.25, -0.2) is 4.79 Å². The zero-order chi connectivity index (χ0) is 15.1. The molecule has 0 spiro atoms. The molecule has 4 rings (SSSR count). The van der Waals surface area contributed by atoms with E-state index in [0.29, 0.717) is 28.4 Å². The Kier molecular flexibility index (Phi) is 2.79. The highest BCUT2D eigenvalue weighted by atomic mass is 16.7. The van der Waals surface area contributed by atoms with Crippen molar-refractivity contribution in [1.82, 2.24) is 0 Å². The summed E-state index contributed by atoms with van der Waals surface area (Å²) in [6.45, 7) is 0.197. The Balaban J connectivity index is 1.92. The molecule has 0 unspecified atom stereocenters. The van der Waals surface area contributed by atoms with Crippen LogP contribution in [0.5, 0.6) is 17.2 Å². The first-order chi connectivity index (χ1) is 10.8. The Labute approximate surface area is 125 Å². The van der Waals surface area contributed by atoms with Gasteiger partial charge in [0.1, 0.15) is 0 Å². The molecule has 2 heterocycles. The molecule has 0 N–H and O–H groups in total. The molecule has 0 fully saturated rings. The summed E-state index contributed by atoms with van der Waals surface area (Å²) in [4.78, 5) is 12.3. The summed E-state index contributed by atoms with van der Waals surface area (Å²) in [5, 5.41) is 0.798. The minimum atomic E-state index is -0.420. The summed E-state index contributed by atoms with van der Waals surface area (Å²) in [6, 6.07) is 12.6. The Morgan fingerprint density at radius 1 is 1.05 bits per heavy atom. The molecule has 2 aromatic carbocycles.